The third-order valence-electron chi connectivity index (χ3n) is 3.00. The minimum Gasteiger partial charge on any atom is -0.497 e. The Bertz CT molecular complexity index is 642. The fourth-order valence-corrected chi connectivity index (χ4v) is 2.10. The molecule has 2 aromatic carbocycles. The molecule has 0 aliphatic heterocycles. The van der Waals surface area contributed by atoms with Crippen molar-refractivity contribution in [2.45, 2.75) is 6.92 Å². The average Bonchev–Trinajstić information content (AvgIpc) is 2.46. The van der Waals surface area contributed by atoms with Gasteiger partial charge in [-0.25, -0.2) is 0 Å². The van der Waals surface area contributed by atoms with Crippen molar-refractivity contribution in [1.29, 1.82) is 5.26 Å². The topological polar surface area (TPSA) is 42.2 Å². The molecule has 19 heavy (non-hydrogen) atoms. The Morgan fingerprint density at radius 2 is 1.79 bits per heavy atom. The number of nitriles is 1. The van der Waals surface area contributed by atoms with E-state index >= 15 is 0 Å². The Morgan fingerprint density at radius 3 is 2.42 bits per heavy atom. The molecule has 0 fully saturated rings. The van der Waals surface area contributed by atoms with Gasteiger partial charge in [0.1, 0.15) is 17.6 Å². The summed E-state index contributed by atoms with van der Waals surface area (Å²) in [5.74, 6) is 1.43. The highest BCUT2D eigenvalue weighted by Gasteiger charge is 2.10. The smallest absolute Gasteiger partial charge is 0.139 e. The molecule has 0 saturated carbocycles. The summed E-state index contributed by atoms with van der Waals surface area (Å²) in [6.45, 7) is 1.93. The fourth-order valence-electron chi connectivity index (χ4n) is 2.10. The number of methoxy groups -OCH3 is 2. The molecule has 2 aromatic rings. The lowest BCUT2D eigenvalue weighted by atomic mass is 9.99. The second kappa shape index (κ2) is 5.45. The summed E-state index contributed by atoms with van der Waals surface area (Å²) < 4.78 is 10.5. The number of nitrogens with zero attached hydrogens (tertiary/aromatic N) is 1. The lowest BCUT2D eigenvalue weighted by molar-refractivity contribution is 0.410. The van der Waals surface area contributed by atoms with E-state index in [-0.39, 0.29) is 0 Å². The minimum absolute atomic E-state index is 0.542. The van der Waals surface area contributed by atoms with Crippen LogP contribution in [0.15, 0.2) is 36.4 Å². The maximum atomic E-state index is 9.19. The molecule has 0 amide bonds. The Balaban J connectivity index is 2.57. The highest BCUT2D eigenvalue weighted by atomic mass is 16.5. The fraction of sp³-hybridized carbons (Fsp3) is 0.188. The number of ether oxygens (including phenoxy) is 2. The molecule has 0 aliphatic carbocycles. The number of aryl methyl sites for hydroxylation is 1. The van der Waals surface area contributed by atoms with Gasteiger partial charge in [0.05, 0.1) is 19.8 Å². The zero-order valence-corrected chi connectivity index (χ0v) is 11.2. The summed E-state index contributed by atoms with van der Waals surface area (Å²) in [7, 11) is 3.22. The van der Waals surface area contributed by atoms with Gasteiger partial charge >= 0.3 is 0 Å². The monoisotopic (exact) mass is 253 g/mol. The predicted octanol–water partition coefficient (Wildman–Crippen LogP) is 3.55. The van der Waals surface area contributed by atoms with Gasteiger partial charge in [-0.3, -0.25) is 0 Å². The van der Waals surface area contributed by atoms with E-state index in [9.17, 15) is 5.26 Å². The summed E-state index contributed by atoms with van der Waals surface area (Å²) >= 11 is 0. The molecule has 0 heterocycles. The van der Waals surface area contributed by atoms with Crippen LogP contribution in [0.3, 0.4) is 0 Å². The van der Waals surface area contributed by atoms with E-state index in [1.54, 1.807) is 14.2 Å². The van der Waals surface area contributed by atoms with E-state index in [1.165, 1.54) is 0 Å². The molecular weight excluding hydrogens is 238 g/mol. The molecule has 0 spiro atoms. The van der Waals surface area contributed by atoms with Crippen LogP contribution >= 0.6 is 0 Å². The van der Waals surface area contributed by atoms with Gasteiger partial charge in [-0.2, -0.15) is 5.26 Å². The minimum atomic E-state index is 0.542. The van der Waals surface area contributed by atoms with Crippen molar-refractivity contribution in [1.82, 2.24) is 0 Å². The lowest BCUT2D eigenvalue weighted by Crippen LogP contribution is -1.93. The van der Waals surface area contributed by atoms with Gasteiger partial charge < -0.3 is 9.47 Å². The van der Waals surface area contributed by atoms with Crippen LogP contribution in [0.1, 0.15) is 11.1 Å². The summed E-state index contributed by atoms with van der Waals surface area (Å²) in [5, 5.41) is 9.19. The van der Waals surface area contributed by atoms with Gasteiger partial charge in [0.15, 0.2) is 0 Å². The molecule has 0 unspecified atom stereocenters. The van der Waals surface area contributed by atoms with Crippen LogP contribution < -0.4 is 9.47 Å². The molecule has 0 atom stereocenters. The number of hydrogen-bond donors (Lipinski definition) is 0. The van der Waals surface area contributed by atoms with Gasteiger partial charge in [-0.05, 0) is 47.9 Å². The number of rotatable bonds is 3. The van der Waals surface area contributed by atoms with Crippen LogP contribution in [-0.2, 0) is 0 Å². The largest absolute Gasteiger partial charge is 0.497 e. The predicted molar refractivity (Wildman–Crippen MR) is 74.4 cm³/mol. The van der Waals surface area contributed by atoms with Gasteiger partial charge in [0, 0.05) is 0 Å². The van der Waals surface area contributed by atoms with Crippen LogP contribution in [0, 0.1) is 18.3 Å². The van der Waals surface area contributed by atoms with Crippen molar-refractivity contribution in [3.05, 3.63) is 47.5 Å². The molecule has 2 rings (SSSR count). The van der Waals surface area contributed by atoms with Crippen molar-refractivity contribution >= 4 is 0 Å². The van der Waals surface area contributed by atoms with Crippen LogP contribution in [0.4, 0.5) is 0 Å². The quantitative estimate of drug-likeness (QED) is 0.840. The van der Waals surface area contributed by atoms with E-state index in [0.717, 1.165) is 22.4 Å². The third-order valence-corrected chi connectivity index (χ3v) is 3.00. The zero-order chi connectivity index (χ0) is 13.8. The first-order valence-corrected chi connectivity index (χ1v) is 5.92. The molecule has 0 aromatic heterocycles. The molecule has 3 heteroatoms. The van der Waals surface area contributed by atoms with E-state index in [1.807, 2.05) is 43.3 Å². The van der Waals surface area contributed by atoms with Gasteiger partial charge in [0.2, 0.25) is 0 Å². The molecule has 96 valence electrons. The summed E-state index contributed by atoms with van der Waals surface area (Å²) in [5.41, 5.74) is 3.48. The highest BCUT2D eigenvalue weighted by molar-refractivity contribution is 5.70. The van der Waals surface area contributed by atoms with E-state index < -0.39 is 0 Å². The molecular formula is C16H15NO2. The third kappa shape index (κ3) is 2.53. The van der Waals surface area contributed by atoms with Crippen LogP contribution in [0.2, 0.25) is 0 Å². The van der Waals surface area contributed by atoms with E-state index in [0.29, 0.717) is 11.3 Å². The first-order chi connectivity index (χ1) is 9.19. The Morgan fingerprint density at radius 1 is 1.00 bits per heavy atom. The normalized spacial score (nSPS) is 9.79. The maximum Gasteiger partial charge on any atom is 0.139 e. The summed E-state index contributed by atoms with van der Waals surface area (Å²) in [6.07, 6.45) is 0. The second-order valence-corrected chi connectivity index (χ2v) is 4.22. The molecule has 0 bridgehead atoms. The highest BCUT2D eigenvalue weighted by Crippen LogP contribution is 2.31. The maximum absolute atomic E-state index is 9.19. The number of benzene rings is 2. The zero-order valence-electron chi connectivity index (χ0n) is 11.2. The van der Waals surface area contributed by atoms with Gasteiger partial charge in [-0.15, -0.1) is 0 Å². The first-order valence-electron chi connectivity index (χ1n) is 5.92. The Labute approximate surface area is 113 Å². The summed E-state index contributed by atoms with van der Waals surface area (Å²) in [6, 6.07) is 13.8. The van der Waals surface area contributed by atoms with Crippen molar-refractivity contribution in [3.63, 3.8) is 0 Å². The number of hydrogen-bond acceptors (Lipinski definition) is 3. The Hall–Kier alpha value is -2.47. The van der Waals surface area contributed by atoms with Gasteiger partial charge in [-0.1, -0.05) is 12.1 Å². The van der Waals surface area contributed by atoms with Crippen LogP contribution in [0.25, 0.3) is 11.1 Å². The average molecular weight is 253 g/mol. The van der Waals surface area contributed by atoms with Crippen molar-refractivity contribution in [3.8, 4) is 28.7 Å². The molecule has 0 N–H and O–H groups in total. The van der Waals surface area contributed by atoms with Crippen molar-refractivity contribution in [2.75, 3.05) is 14.2 Å². The molecule has 0 radical (unpaired) electrons. The molecule has 0 aliphatic rings. The Kier molecular flexibility index (Phi) is 3.72. The van der Waals surface area contributed by atoms with Crippen LogP contribution in [0.5, 0.6) is 11.5 Å². The van der Waals surface area contributed by atoms with Crippen LogP contribution in [-0.4, -0.2) is 14.2 Å². The van der Waals surface area contributed by atoms with E-state index in [2.05, 4.69) is 6.07 Å². The standard InChI is InChI=1S/C16H15NO2/c1-11-7-13(8-14(10-17)16(11)19-3)12-5-4-6-15(9-12)18-2/h4-9H,1-3H3. The van der Waals surface area contributed by atoms with Crippen molar-refractivity contribution < 1.29 is 9.47 Å². The SMILES string of the molecule is COc1cccc(-c2cc(C)c(OC)c(C#N)c2)c1. The molecule has 3 nitrogen and oxygen atoms in total. The molecule has 0 saturated heterocycles. The second-order valence-electron chi connectivity index (χ2n) is 4.22. The first kappa shape index (κ1) is 13.0. The summed E-state index contributed by atoms with van der Waals surface area (Å²) in [4.78, 5) is 0. The van der Waals surface area contributed by atoms with Gasteiger partial charge in [0.25, 0.3) is 0 Å². The van der Waals surface area contributed by atoms with Crippen molar-refractivity contribution in [2.24, 2.45) is 0 Å². The van der Waals surface area contributed by atoms with E-state index in [4.69, 9.17) is 9.47 Å². The lowest BCUT2D eigenvalue weighted by Gasteiger charge is -2.10.